The molecule has 1 N–H and O–H groups in total. The standard InChI is InChI=1S/C13H25N3O2/c1-11(13(17)18)10-15-6-8-16(9-7-15)12-4-2-3-5-14-12/h11-12,14H,2-10H2,1H3,(H,17,18)/p-1/t11-,12?/m1/s1. The van der Waals surface area contributed by atoms with Crippen molar-refractivity contribution in [1.82, 2.24) is 15.1 Å². The van der Waals surface area contributed by atoms with Crippen molar-refractivity contribution in [2.45, 2.75) is 32.4 Å². The van der Waals surface area contributed by atoms with Gasteiger partial charge in [-0.05, 0) is 25.8 Å². The number of piperidine rings is 1. The predicted octanol–water partition coefficient (Wildman–Crippen LogP) is -0.910. The van der Waals surface area contributed by atoms with E-state index in [2.05, 4.69) is 15.1 Å². The number of hydrogen-bond acceptors (Lipinski definition) is 5. The maximum Gasteiger partial charge on any atom is 0.0597 e. The maximum atomic E-state index is 10.7. The van der Waals surface area contributed by atoms with Gasteiger partial charge >= 0.3 is 0 Å². The zero-order valence-electron chi connectivity index (χ0n) is 11.2. The Morgan fingerprint density at radius 1 is 1.33 bits per heavy atom. The fraction of sp³-hybridized carbons (Fsp3) is 0.923. The molecule has 1 unspecified atom stereocenters. The minimum atomic E-state index is -0.939. The SMILES string of the molecule is C[C@H](CN1CCN(C2CCCCN2)CC1)C(=O)[O-]. The fourth-order valence-electron chi connectivity index (χ4n) is 2.86. The third-order valence-corrected chi connectivity index (χ3v) is 4.07. The zero-order chi connectivity index (χ0) is 13.0. The predicted molar refractivity (Wildman–Crippen MR) is 67.8 cm³/mol. The second-order valence-corrected chi connectivity index (χ2v) is 5.52. The molecular weight excluding hydrogens is 230 g/mol. The van der Waals surface area contributed by atoms with E-state index in [1.54, 1.807) is 6.92 Å². The van der Waals surface area contributed by atoms with E-state index in [9.17, 15) is 9.90 Å². The molecule has 2 fully saturated rings. The highest BCUT2D eigenvalue weighted by molar-refractivity contribution is 5.67. The molecule has 0 aromatic carbocycles. The highest BCUT2D eigenvalue weighted by Gasteiger charge is 2.25. The number of carboxylic acids is 1. The lowest BCUT2D eigenvalue weighted by Gasteiger charge is -2.41. The van der Waals surface area contributed by atoms with Crippen molar-refractivity contribution in [2.24, 2.45) is 5.92 Å². The van der Waals surface area contributed by atoms with Gasteiger partial charge in [0.15, 0.2) is 0 Å². The highest BCUT2D eigenvalue weighted by atomic mass is 16.4. The summed E-state index contributed by atoms with van der Waals surface area (Å²) >= 11 is 0. The van der Waals surface area contributed by atoms with Crippen molar-refractivity contribution in [3.05, 3.63) is 0 Å². The van der Waals surface area contributed by atoms with Crippen molar-refractivity contribution >= 4 is 5.97 Å². The topological polar surface area (TPSA) is 58.6 Å². The van der Waals surface area contributed by atoms with E-state index in [1.165, 1.54) is 19.3 Å². The quantitative estimate of drug-likeness (QED) is 0.704. The molecule has 5 heteroatoms. The summed E-state index contributed by atoms with van der Waals surface area (Å²) in [6.45, 7) is 7.49. The van der Waals surface area contributed by atoms with E-state index in [0.717, 1.165) is 32.7 Å². The largest absolute Gasteiger partial charge is 0.550 e. The Morgan fingerprint density at radius 3 is 2.61 bits per heavy atom. The van der Waals surface area contributed by atoms with E-state index in [0.29, 0.717) is 12.7 Å². The summed E-state index contributed by atoms with van der Waals surface area (Å²) in [4.78, 5) is 15.5. The number of carbonyl (C=O) groups is 1. The first-order chi connectivity index (χ1) is 8.66. The van der Waals surface area contributed by atoms with Crippen LogP contribution in [-0.4, -0.2) is 61.2 Å². The lowest BCUT2D eigenvalue weighted by molar-refractivity contribution is -0.311. The van der Waals surface area contributed by atoms with Gasteiger partial charge in [-0.3, -0.25) is 4.90 Å². The average molecular weight is 254 g/mol. The number of rotatable bonds is 4. The zero-order valence-corrected chi connectivity index (χ0v) is 11.2. The molecule has 2 heterocycles. The molecule has 104 valence electrons. The van der Waals surface area contributed by atoms with E-state index >= 15 is 0 Å². The highest BCUT2D eigenvalue weighted by Crippen LogP contribution is 2.14. The van der Waals surface area contributed by atoms with Crippen molar-refractivity contribution in [3.8, 4) is 0 Å². The second-order valence-electron chi connectivity index (χ2n) is 5.52. The molecule has 0 bridgehead atoms. The molecule has 5 nitrogen and oxygen atoms in total. The van der Waals surface area contributed by atoms with E-state index in [1.807, 2.05) is 0 Å². The van der Waals surface area contributed by atoms with E-state index < -0.39 is 5.97 Å². The van der Waals surface area contributed by atoms with Crippen LogP contribution in [0.3, 0.4) is 0 Å². The third-order valence-electron chi connectivity index (χ3n) is 4.07. The average Bonchev–Trinajstić information content (AvgIpc) is 2.40. The van der Waals surface area contributed by atoms with Crippen molar-refractivity contribution in [1.29, 1.82) is 0 Å². The van der Waals surface area contributed by atoms with Crippen LogP contribution in [0.2, 0.25) is 0 Å². The molecule has 0 spiro atoms. The van der Waals surface area contributed by atoms with Crippen molar-refractivity contribution in [2.75, 3.05) is 39.3 Å². The number of carbonyl (C=O) groups excluding carboxylic acids is 1. The van der Waals surface area contributed by atoms with Gasteiger partial charge in [0.1, 0.15) is 0 Å². The number of nitrogens with zero attached hydrogens (tertiary/aromatic N) is 2. The Labute approximate surface area is 109 Å². The molecule has 2 rings (SSSR count). The van der Waals surface area contributed by atoms with Crippen LogP contribution >= 0.6 is 0 Å². The molecule has 0 amide bonds. The van der Waals surface area contributed by atoms with Gasteiger partial charge in [0.2, 0.25) is 0 Å². The Bertz CT molecular complexity index is 271. The van der Waals surface area contributed by atoms with Crippen LogP contribution in [0.15, 0.2) is 0 Å². The van der Waals surface area contributed by atoms with Crippen LogP contribution in [0.4, 0.5) is 0 Å². The van der Waals surface area contributed by atoms with Crippen molar-refractivity contribution < 1.29 is 9.90 Å². The summed E-state index contributed by atoms with van der Waals surface area (Å²) in [7, 11) is 0. The van der Waals surface area contributed by atoms with Crippen LogP contribution in [-0.2, 0) is 4.79 Å². The van der Waals surface area contributed by atoms with Crippen LogP contribution in [0.25, 0.3) is 0 Å². The van der Waals surface area contributed by atoms with Gasteiger partial charge in [-0.2, -0.15) is 0 Å². The minimum absolute atomic E-state index is 0.371. The van der Waals surface area contributed by atoms with Crippen LogP contribution in [0.5, 0.6) is 0 Å². The van der Waals surface area contributed by atoms with Crippen molar-refractivity contribution in [3.63, 3.8) is 0 Å². The van der Waals surface area contributed by atoms with Gasteiger partial charge in [-0.25, -0.2) is 0 Å². The van der Waals surface area contributed by atoms with Gasteiger partial charge in [0.05, 0.1) is 6.17 Å². The van der Waals surface area contributed by atoms with Crippen LogP contribution < -0.4 is 10.4 Å². The lowest BCUT2D eigenvalue weighted by Crippen LogP contribution is -2.56. The summed E-state index contributed by atoms with van der Waals surface area (Å²) < 4.78 is 0. The third kappa shape index (κ3) is 3.67. The Balaban J connectivity index is 1.72. The molecule has 0 radical (unpaired) electrons. The number of carboxylic acid groups (broad SMARTS) is 1. The molecule has 0 aliphatic carbocycles. The first-order valence-corrected chi connectivity index (χ1v) is 7.07. The Morgan fingerprint density at radius 2 is 2.06 bits per heavy atom. The molecular formula is C13H24N3O2-. The fourth-order valence-corrected chi connectivity index (χ4v) is 2.86. The molecule has 2 saturated heterocycles. The van der Waals surface area contributed by atoms with Crippen LogP contribution in [0.1, 0.15) is 26.2 Å². The molecule has 0 aromatic heterocycles. The Hall–Kier alpha value is -0.650. The number of nitrogens with one attached hydrogen (secondary N) is 1. The lowest BCUT2D eigenvalue weighted by atomic mass is 10.1. The first kappa shape index (κ1) is 13.8. The summed E-state index contributed by atoms with van der Waals surface area (Å²) in [5, 5.41) is 14.3. The van der Waals surface area contributed by atoms with E-state index in [4.69, 9.17) is 0 Å². The minimum Gasteiger partial charge on any atom is -0.550 e. The Kier molecular flexibility index (Phi) is 4.97. The van der Waals surface area contributed by atoms with Gasteiger partial charge < -0.3 is 20.1 Å². The maximum absolute atomic E-state index is 10.7. The van der Waals surface area contributed by atoms with Gasteiger partial charge in [-0.1, -0.05) is 6.92 Å². The summed E-state index contributed by atoms with van der Waals surface area (Å²) in [5.41, 5.74) is 0. The summed E-state index contributed by atoms with van der Waals surface area (Å²) in [5.74, 6) is -1.31. The van der Waals surface area contributed by atoms with Gasteiger partial charge in [0.25, 0.3) is 0 Å². The van der Waals surface area contributed by atoms with Crippen LogP contribution in [0, 0.1) is 5.92 Å². The number of aliphatic carboxylic acids is 1. The monoisotopic (exact) mass is 254 g/mol. The summed E-state index contributed by atoms with van der Waals surface area (Å²) in [6.07, 6.45) is 4.40. The first-order valence-electron chi connectivity index (χ1n) is 7.07. The molecule has 2 aliphatic rings. The molecule has 2 aliphatic heterocycles. The molecule has 0 saturated carbocycles. The summed E-state index contributed by atoms with van der Waals surface area (Å²) in [6, 6.07) is 0. The number of hydrogen-bond donors (Lipinski definition) is 1. The number of piperazine rings is 1. The molecule has 2 atom stereocenters. The normalized spacial score (nSPS) is 29.1. The van der Waals surface area contributed by atoms with Gasteiger partial charge in [0, 0.05) is 44.6 Å². The smallest absolute Gasteiger partial charge is 0.0597 e. The second kappa shape index (κ2) is 6.50. The van der Waals surface area contributed by atoms with Gasteiger partial charge in [-0.15, -0.1) is 0 Å². The molecule has 0 aromatic rings. The van der Waals surface area contributed by atoms with E-state index in [-0.39, 0.29) is 5.92 Å². The molecule has 18 heavy (non-hydrogen) atoms.